The number of ether oxygens (including phenoxy) is 1. The molecule has 3 aromatic carbocycles. The second-order valence-corrected chi connectivity index (χ2v) is 16.0. The van der Waals surface area contributed by atoms with Gasteiger partial charge in [-0.15, -0.1) is 0 Å². The molecule has 4 amide bonds. The Morgan fingerprint density at radius 1 is 0.932 bits per heavy atom. The minimum absolute atomic E-state index is 0.0435. The van der Waals surface area contributed by atoms with Crippen LogP contribution in [0.1, 0.15) is 70.9 Å². The van der Waals surface area contributed by atoms with E-state index in [1.807, 2.05) is 66.7 Å². The molecule has 3 fully saturated rings. The van der Waals surface area contributed by atoms with Crippen LogP contribution in [-0.2, 0) is 9.59 Å². The number of para-hydroxylation sites is 1. The Balaban J connectivity index is 0.784. The molecule has 8 rings (SSSR count). The molecule has 3 saturated heterocycles. The molecular weight excluding hydrogens is 749 g/mol. The van der Waals surface area contributed by atoms with Crippen molar-refractivity contribution in [3.8, 4) is 11.5 Å². The zero-order valence-corrected chi connectivity index (χ0v) is 33.2. The Labute approximate surface area is 343 Å². The number of piperidine rings is 1. The second kappa shape index (κ2) is 17.3. The van der Waals surface area contributed by atoms with E-state index in [0.29, 0.717) is 52.2 Å². The highest BCUT2D eigenvalue weighted by atomic mass is 16.5. The van der Waals surface area contributed by atoms with Gasteiger partial charge in [-0.05, 0) is 93.1 Å². The van der Waals surface area contributed by atoms with E-state index in [1.165, 1.54) is 11.2 Å². The molecular formula is C44H50N10O5. The van der Waals surface area contributed by atoms with Gasteiger partial charge in [-0.3, -0.25) is 44.6 Å². The van der Waals surface area contributed by atoms with Gasteiger partial charge < -0.3 is 20.7 Å². The van der Waals surface area contributed by atoms with Gasteiger partial charge in [0.25, 0.3) is 11.8 Å². The van der Waals surface area contributed by atoms with Crippen molar-refractivity contribution in [2.24, 2.45) is 5.92 Å². The van der Waals surface area contributed by atoms with Crippen molar-refractivity contribution in [1.82, 2.24) is 30.0 Å². The molecule has 4 aliphatic rings. The lowest BCUT2D eigenvalue weighted by Crippen LogP contribution is -2.62. The topological polar surface area (TPSA) is 190 Å². The number of carbonyl (C=O) groups excluding carboxylic acids is 4. The predicted octanol–water partition coefficient (Wildman–Crippen LogP) is 4.39. The zero-order chi connectivity index (χ0) is 41.0. The number of amides is 4. The third-order valence-electron chi connectivity index (χ3n) is 12.1. The van der Waals surface area contributed by atoms with Gasteiger partial charge in [0, 0.05) is 81.6 Å². The average Bonchev–Trinajstić information content (AvgIpc) is 3.80. The van der Waals surface area contributed by atoms with Crippen molar-refractivity contribution >= 4 is 47.2 Å². The summed E-state index contributed by atoms with van der Waals surface area (Å²) < 4.78 is 5.93. The smallest absolute Gasteiger partial charge is 0.261 e. The van der Waals surface area contributed by atoms with Crippen molar-refractivity contribution in [3.05, 3.63) is 101 Å². The van der Waals surface area contributed by atoms with E-state index in [9.17, 15) is 19.2 Å². The summed E-state index contributed by atoms with van der Waals surface area (Å²) in [5.74, 6) is 1.67. The molecule has 1 aromatic heterocycles. The van der Waals surface area contributed by atoms with Gasteiger partial charge in [0.1, 0.15) is 29.5 Å². The quantitative estimate of drug-likeness (QED) is 0.0756. The number of imide groups is 2. The summed E-state index contributed by atoms with van der Waals surface area (Å²) in [5.41, 5.74) is 9.53. The minimum atomic E-state index is -0.473. The number of benzene rings is 3. The highest BCUT2D eigenvalue weighted by Gasteiger charge is 2.40. The summed E-state index contributed by atoms with van der Waals surface area (Å²) in [4.78, 5) is 66.2. The van der Waals surface area contributed by atoms with Crippen molar-refractivity contribution < 1.29 is 23.9 Å². The summed E-state index contributed by atoms with van der Waals surface area (Å²) in [6.45, 7) is 8.63. The van der Waals surface area contributed by atoms with E-state index in [-0.39, 0.29) is 42.2 Å². The van der Waals surface area contributed by atoms with Crippen molar-refractivity contribution in [2.75, 3.05) is 61.8 Å². The molecule has 15 heteroatoms. The Hall–Kier alpha value is -6.19. The number of nitrogen functional groups attached to an aromatic ring is 1. The third-order valence-corrected chi connectivity index (χ3v) is 12.1. The van der Waals surface area contributed by atoms with Crippen LogP contribution < -0.4 is 26.0 Å². The molecule has 0 saturated carbocycles. The second-order valence-electron chi connectivity index (χ2n) is 16.0. The lowest BCUT2D eigenvalue weighted by Gasteiger charge is -2.48. The Bertz CT molecular complexity index is 2210. The normalized spacial score (nSPS) is 19.3. The first-order valence-corrected chi connectivity index (χ1v) is 20.4. The molecule has 4 aliphatic heterocycles. The van der Waals surface area contributed by atoms with Crippen molar-refractivity contribution in [2.45, 2.75) is 57.2 Å². The Morgan fingerprint density at radius 2 is 1.66 bits per heavy atom. The van der Waals surface area contributed by atoms with Crippen LogP contribution in [0.2, 0.25) is 0 Å². The van der Waals surface area contributed by atoms with Gasteiger partial charge in [-0.1, -0.05) is 18.2 Å². The van der Waals surface area contributed by atoms with Gasteiger partial charge >= 0.3 is 0 Å². The molecule has 0 aliphatic carbocycles. The van der Waals surface area contributed by atoms with Gasteiger partial charge in [0.2, 0.25) is 12.3 Å². The first-order chi connectivity index (χ1) is 28.6. The average molecular weight is 799 g/mol. The van der Waals surface area contributed by atoms with Crippen LogP contribution in [0.15, 0.2) is 79.1 Å². The van der Waals surface area contributed by atoms with E-state index in [1.54, 1.807) is 13.0 Å². The van der Waals surface area contributed by atoms with Gasteiger partial charge in [0.15, 0.2) is 0 Å². The van der Waals surface area contributed by atoms with Crippen molar-refractivity contribution in [1.29, 1.82) is 5.41 Å². The Morgan fingerprint density at radius 3 is 2.41 bits per heavy atom. The highest BCUT2D eigenvalue weighted by Crippen LogP contribution is 2.33. The molecule has 306 valence electrons. The lowest BCUT2D eigenvalue weighted by molar-refractivity contribution is -0.125. The van der Waals surface area contributed by atoms with Crippen LogP contribution in [-0.4, -0.2) is 118 Å². The van der Waals surface area contributed by atoms with Crippen LogP contribution in [0, 0.1) is 11.3 Å². The molecule has 5 N–H and O–H groups in total. The van der Waals surface area contributed by atoms with E-state index >= 15 is 0 Å². The largest absolute Gasteiger partial charge is 0.457 e. The number of nitrogens with one attached hydrogen (secondary N) is 3. The molecule has 2 atom stereocenters. The minimum Gasteiger partial charge on any atom is -0.457 e. The zero-order valence-electron chi connectivity index (χ0n) is 33.2. The number of nitrogens with zero attached hydrogens (tertiary/aromatic N) is 6. The summed E-state index contributed by atoms with van der Waals surface area (Å²) >= 11 is 0. The maximum Gasteiger partial charge on any atom is 0.261 e. The van der Waals surface area contributed by atoms with Gasteiger partial charge in [0.05, 0.1) is 22.4 Å². The third kappa shape index (κ3) is 8.66. The number of carbonyl (C=O) groups is 4. The molecule has 2 unspecified atom stereocenters. The fourth-order valence-corrected chi connectivity index (χ4v) is 8.77. The lowest BCUT2D eigenvalue weighted by atomic mass is 9.97. The fraction of sp³-hybridized carbons (Fsp3) is 0.386. The van der Waals surface area contributed by atoms with E-state index in [2.05, 4.69) is 35.3 Å². The number of anilines is 3. The standard InChI is InChI=1S/C44H50N10O5/c1-28(7-14-38(56)49-27-55)54-43(57)36-13-10-32(21-37(36)44(54)58)53-18-15-29(23-53)22-51-24-33(25-51)52-19-16-31(17-20-52)50-42-39(41(46)47-26-48-42)40(45)30-8-11-35(12-9-30)59-34-5-3-2-4-6-34/h2-6,8-13,21,26-29,31,33,45H,7,14-20,22-25H2,1H3,(H,49,55,56)(H3,46,47,48,50). The molecule has 4 aromatic rings. The number of hydrogen-bond acceptors (Lipinski definition) is 13. The number of rotatable bonds is 15. The highest BCUT2D eigenvalue weighted by molar-refractivity contribution is 6.22. The molecule has 5 heterocycles. The predicted molar refractivity (Wildman–Crippen MR) is 224 cm³/mol. The maximum atomic E-state index is 13.3. The number of fused-ring (bicyclic) bond motifs is 1. The van der Waals surface area contributed by atoms with E-state index < -0.39 is 11.9 Å². The van der Waals surface area contributed by atoms with Crippen molar-refractivity contribution in [3.63, 3.8) is 0 Å². The van der Waals surface area contributed by atoms with E-state index in [4.69, 9.17) is 15.9 Å². The summed E-state index contributed by atoms with van der Waals surface area (Å²) in [7, 11) is 0. The summed E-state index contributed by atoms with van der Waals surface area (Å²) in [6.07, 6.45) is 5.08. The first kappa shape index (κ1) is 39.6. The number of hydrogen-bond donors (Lipinski definition) is 4. The van der Waals surface area contributed by atoms with E-state index in [0.717, 1.165) is 76.5 Å². The number of aromatic nitrogens is 2. The van der Waals surface area contributed by atoms with Crippen LogP contribution in [0.5, 0.6) is 11.5 Å². The molecule has 0 spiro atoms. The van der Waals surface area contributed by atoms with Crippen LogP contribution in [0.3, 0.4) is 0 Å². The molecule has 59 heavy (non-hydrogen) atoms. The molecule has 0 bridgehead atoms. The summed E-state index contributed by atoms with van der Waals surface area (Å²) in [6, 6.07) is 22.8. The van der Waals surface area contributed by atoms with Crippen LogP contribution in [0.4, 0.5) is 17.3 Å². The van der Waals surface area contributed by atoms with Gasteiger partial charge in [-0.2, -0.15) is 0 Å². The van der Waals surface area contributed by atoms with Crippen LogP contribution in [0.25, 0.3) is 0 Å². The summed E-state index contributed by atoms with van der Waals surface area (Å²) in [5, 5.41) is 14.7. The monoisotopic (exact) mass is 798 g/mol. The molecule has 15 nitrogen and oxygen atoms in total. The Kier molecular flexibility index (Phi) is 11.7. The first-order valence-electron chi connectivity index (χ1n) is 20.4. The number of likely N-dealkylation sites (tertiary alicyclic amines) is 2. The van der Waals surface area contributed by atoms with Gasteiger partial charge in [-0.25, -0.2) is 9.97 Å². The van der Waals surface area contributed by atoms with Crippen LogP contribution >= 0.6 is 0 Å². The maximum absolute atomic E-state index is 13.3. The molecule has 0 radical (unpaired) electrons. The number of nitrogens with two attached hydrogens (primary N) is 1. The SMILES string of the molecule is CC(CCC(=O)NC=O)N1C(=O)c2ccc(N3CCC(CN4CC(N5CCC(Nc6ncnc(N)c6C(=N)c6ccc(Oc7ccccc7)cc6)CC5)C4)C3)cc2C1=O. The fourth-order valence-electron chi connectivity index (χ4n) is 8.77.